The standard InChI is InChI=1S/C13H11BrClFS/c1-7-5-8(2)17-13(7)12(14)10-4-3-9(16)6-11(10)15/h3-6,12H,1-2H3. The van der Waals surface area contributed by atoms with Crippen LogP contribution < -0.4 is 0 Å². The molecule has 0 nitrogen and oxygen atoms in total. The van der Waals surface area contributed by atoms with Crippen molar-refractivity contribution >= 4 is 38.9 Å². The molecule has 1 atom stereocenters. The second kappa shape index (κ2) is 5.09. The van der Waals surface area contributed by atoms with E-state index in [-0.39, 0.29) is 10.6 Å². The Bertz CT molecular complexity index is 550. The Morgan fingerprint density at radius 2 is 2.00 bits per heavy atom. The summed E-state index contributed by atoms with van der Waals surface area (Å²) in [6.45, 7) is 4.15. The smallest absolute Gasteiger partial charge is 0.124 e. The summed E-state index contributed by atoms with van der Waals surface area (Å²) in [6.07, 6.45) is 0. The van der Waals surface area contributed by atoms with Gasteiger partial charge in [0.2, 0.25) is 0 Å². The molecule has 1 aromatic heterocycles. The van der Waals surface area contributed by atoms with Crippen molar-refractivity contribution in [2.24, 2.45) is 0 Å². The van der Waals surface area contributed by atoms with Gasteiger partial charge in [-0.25, -0.2) is 4.39 Å². The zero-order valence-corrected chi connectivity index (χ0v) is 12.6. The van der Waals surface area contributed by atoms with Gasteiger partial charge in [-0.2, -0.15) is 0 Å². The van der Waals surface area contributed by atoms with Gasteiger partial charge in [0.15, 0.2) is 0 Å². The van der Waals surface area contributed by atoms with Crippen LogP contribution >= 0.6 is 38.9 Å². The average Bonchev–Trinajstić information content (AvgIpc) is 2.57. The van der Waals surface area contributed by atoms with E-state index in [1.54, 1.807) is 17.4 Å². The highest BCUT2D eigenvalue weighted by molar-refractivity contribution is 9.09. The molecule has 0 N–H and O–H groups in total. The highest BCUT2D eigenvalue weighted by atomic mass is 79.9. The van der Waals surface area contributed by atoms with Crippen LogP contribution in [-0.4, -0.2) is 0 Å². The fraction of sp³-hybridized carbons (Fsp3) is 0.231. The second-order valence-electron chi connectivity index (χ2n) is 3.93. The summed E-state index contributed by atoms with van der Waals surface area (Å²) >= 11 is 11.4. The van der Waals surface area contributed by atoms with Crippen molar-refractivity contribution in [3.8, 4) is 0 Å². The van der Waals surface area contributed by atoms with Crippen molar-refractivity contribution < 1.29 is 4.39 Å². The summed E-state index contributed by atoms with van der Waals surface area (Å²) in [7, 11) is 0. The van der Waals surface area contributed by atoms with Crippen LogP contribution in [0.25, 0.3) is 0 Å². The zero-order valence-electron chi connectivity index (χ0n) is 9.43. The van der Waals surface area contributed by atoms with Gasteiger partial charge in [-0.3, -0.25) is 0 Å². The number of rotatable bonds is 2. The van der Waals surface area contributed by atoms with Crippen molar-refractivity contribution in [2.45, 2.75) is 18.7 Å². The molecule has 0 fully saturated rings. The number of benzene rings is 1. The largest absolute Gasteiger partial charge is 0.207 e. The van der Waals surface area contributed by atoms with Crippen LogP contribution in [0.3, 0.4) is 0 Å². The first-order chi connectivity index (χ1) is 7.99. The van der Waals surface area contributed by atoms with Crippen molar-refractivity contribution in [1.82, 2.24) is 0 Å². The molecule has 0 aliphatic carbocycles. The van der Waals surface area contributed by atoms with Crippen LogP contribution in [0, 0.1) is 19.7 Å². The molecule has 1 unspecified atom stereocenters. The topological polar surface area (TPSA) is 0 Å². The fourth-order valence-corrected chi connectivity index (χ4v) is 4.24. The van der Waals surface area contributed by atoms with E-state index in [2.05, 4.69) is 35.8 Å². The number of alkyl halides is 1. The van der Waals surface area contributed by atoms with Gasteiger partial charge in [-0.15, -0.1) is 11.3 Å². The number of hydrogen-bond acceptors (Lipinski definition) is 1. The van der Waals surface area contributed by atoms with E-state index < -0.39 is 0 Å². The van der Waals surface area contributed by atoms with Crippen molar-refractivity contribution in [1.29, 1.82) is 0 Å². The molecule has 0 aliphatic heterocycles. The lowest BCUT2D eigenvalue weighted by molar-refractivity contribution is 0.627. The molecular formula is C13H11BrClFS. The van der Waals surface area contributed by atoms with E-state index in [4.69, 9.17) is 11.6 Å². The third-order valence-corrected chi connectivity index (χ3v) is 5.34. The van der Waals surface area contributed by atoms with Gasteiger partial charge >= 0.3 is 0 Å². The lowest BCUT2D eigenvalue weighted by atomic mass is 10.1. The van der Waals surface area contributed by atoms with Crippen molar-refractivity contribution in [3.63, 3.8) is 0 Å². The molecule has 0 saturated heterocycles. The van der Waals surface area contributed by atoms with Gasteiger partial charge in [0.1, 0.15) is 5.82 Å². The summed E-state index contributed by atoms with van der Waals surface area (Å²) in [5, 5.41) is 0.456. The second-order valence-corrected chi connectivity index (χ2v) is 6.54. The summed E-state index contributed by atoms with van der Waals surface area (Å²) in [5.41, 5.74) is 2.13. The molecular weight excluding hydrogens is 323 g/mol. The number of thiophene rings is 1. The lowest BCUT2D eigenvalue weighted by Crippen LogP contribution is -1.93. The third kappa shape index (κ3) is 2.72. The maximum Gasteiger partial charge on any atom is 0.124 e. The molecule has 2 rings (SSSR count). The van der Waals surface area contributed by atoms with Crippen LogP contribution in [-0.2, 0) is 0 Å². The van der Waals surface area contributed by atoms with Crippen LogP contribution in [0.2, 0.25) is 5.02 Å². The fourth-order valence-electron chi connectivity index (χ4n) is 1.76. The SMILES string of the molecule is Cc1cc(C)c(C(Br)c2ccc(F)cc2Cl)s1. The molecule has 0 spiro atoms. The molecule has 1 aromatic carbocycles. The van der Waals surface area contributed by atoms with Crippen LogP contribution in [0.5, 0.6) is 0 Å². The minimum Gasteiger partial charge on any atom is -0.207 e. The molecule has 17 heavy (non-hydrogen) atoms. The summed E-state index contributed by atoms with van der Waals surface area (Å²) in [5.74, 6) is -0.308. The Labute approximate surface area is 118 Å². The van der Waals surface area contributed by atoms with Gasteiger partial charge in [0, 0.05) is 14.8 Å². The van der Waals surface area contributed by atoms with Crippen LogP contribution in [0.1, 0.15) is 25.7 Å². The highest BCUT2D eigenvalue weighted by Gasteiger charge is 2.18. The maximum atomic E-state index is 13.0. The first-order valence-electron chi connectivity index (χ1n) is 5.15. The van der Waals surface area contributed by atoms with E-state index >= 15 is 0 Å². The number of halogens is 3. The summed E-state index contributed by atoms with van der Waals surface area (Å²) in [4.78, 5) is 2.51. The van der Waals surface area contributed by atoms with E-state index in [1.807, 2.05) is 0 Å². The summed E-state index contributed by atoms with van der Waals surface area (Å²) in [6, 6.07) is 6.66. The Hall–Kier alpha value is -0.380. The molecule has 0 amide bonds. The Kier molecular flexibility index (Phi) is 3.91. The highest BCUT2D eigenvalue weighted by Crippen LogP contribution is 2.40. The number of hydrogen-bond donors (Lipinski definition) is 0. The quantitative estimate of drug-likeness (QED) is 0.624. The van der Waals surface area contributed by atoms with E-state index in [9.17, 15) is 4.39 Å². The van der Waals surface area contributed by atoms with Crippen LogP contribution in [0.4, 0.5) is 4.39 Å². The van der Waals surface area contributed by atoms with E-state index in [1.165, 1.54) is 27.5 Å². The van der Waals surface area contributed by atoms with E-state index in [0.29, 0.717) is 5.02 Å². The first kappa shape index (κ1) is 13.1. The predicted molar refractivity (Wildman–Crippen MR) is 76.0 cm³/mol. The van der Waals surface area contributed by atoms with Gasteiger partial charge < -0.3 is 0 Å². The molecule has 4 heteroatoms. The minimum absolute atomic E-state index is 0.0225. The molecule has 0 aliphatic rings. The van der Waals surface area contributed by atoms with E-state index in [0.717, 1.165) is 5.56 Å². The monoisotopic (exact) mass is 332 g/mol. The molecule has 2 aromatic rings. The third-order valence-electron chi connectivity index (χ3n) is 2.55. The van der Waals surface area contributed by atoms with Gasteiger partial charge in [0.05, 0.1) is 4.83 Å². The molecule has 90 valence electrons. The molecule has 1 heterocycles. The first-order valence-corrected chi connectivity index (χ1v) is 7.26. The van der Waals surface area contributed by atoms with Gasteiger partial charge in [0.25, 0.3) is 0 Å². The average molecular weight is 334 g/mol. The van der Waals surface area contributed by atoms with Gasteiger partial charge in [-0.1, -0.05) is 33.6 Å². The van der Waals surface area contributed by atoms with Crippen LogP contribution in [0.15, 0.2) is 24.3 Å². The molecule has 0 radical (unpaired) electrons. The summed E-state index contributed by atoms with van der Waals surface area (Å²) < 4.78 is 13.0. The maximum absolute atomic E-state index is 13.0. The minimum atomic E-state index is -0.308. The van der Waals surface area contributed by atoms with Gasteiger partial charge in [-0.05, 0) is 43.2 Å². The zero-order chi connectivity index (χ0) is 12.6. The Morgan fingerprint density at radius 1 is 1.29 bits per heavy atom. The molecule has 0 bridgehead atoms. The number of aryl methyl sites for hydroxylation is 2. The predicted octanol–water partition coefficient (Wildman–Crippen LogP) is 5.64. The van der Waals surface area contributed by atoms with Crippen molar-refractivity contribution in [3.05, 3.63) is 56.0 Å². The van der Waals surface area contributed by atoms with Crippen molar-refractivity contribution in [2.75, 3.05) is 0 Å². The molecule has 0 saturated carbocycles. The normalized spacial score (nSPS) is 12.8. The lowest BCUT2D eigenvalue weighted by Gasteiger charge is -2.11. The Balaban J connectivity index is 2.43. The Morgan fingerprint density at radius 3 is 2.53 bits per heavy atom.